The van der Waals surface area contributed by atoms with Gasteiger partial charge in [-0.25, -0.2) is 8.78 Å². The van der Waals surface area contributed by atoms with Gasteiger partial charge in [0.2, 0.25) is 5.91 Å². The molecule has 0 aliphatic rings. The summed E-state index contributed by atoms with van der Waals surface area (Å²) in [7, 11) is 0. The molecule has 0 spiro atoms. The van der Waals surface area contributed by atoms with Gasteiger partial charge in [-0.3, -0.25) is 9.59 Å². The van der Waals surface area contributed by atoms with Crippen LogP contribution in [0.5, 0.6) is 0 Å². The largest absolute Gasteiger partial charge is 0.467 e. The molecule has 180 valence electrons. The van der Waals surface area contributed by atoms with Crippen LogP contribution in [0.3, 0.4) is 0 Å². The van der Waals surface area contributed by atoms with E-state index in [0.717, 1.165) is 5.56 Å². The summed E-state index contributed by atoms with van der Waals surface area (Å²) in [6, 6.07) is 14.6. The molecule has 0 unspecified atom stereocenters. The molecule has 0 radical (unpaired) electrons. The Balaban J connectivity index is 1.77. The standard InChI is InChI=1S/C26H28F2N2O4/c1-2-33-15-4-14-29(26(32)21-8-12-23(28)13-9-21)19-25(31)30(18-24-5-3-16-34-24)17-20-6-10-22(27)11-7-20/h3,5-13,16H,2,4,14-15,17-19H2,1H3. The zero-order valence-electron chi connectivity index (χ0n) is 19.1. The van der Waals surface area contributed by atoms with Crippen molar-refractivity contribution in [2.24, 2.45) is 0 Å². The van der Waals surface area contributed by atoms with Crippen LogP contribution in [0.25, 0.3) is 0 Å². The summed E-state index contributed by atoms with van der Waals surface area (Å²) in [6.07, 6.45) is 2.07. The van der Waals surface area contributed by atoms with Gasteiger partial charge in [-0.1, -0.05) is 12.1 Å². The van der Waals surface area contributed by atoms with Crippen molar-refractivity contribution in [3.8, 4) is 0 Å². The summed E-state index contributed by atoms with van der Waals surface area (Å²) in [5.74, 6) is -0.891. The van der Waals surface area contributed by atoms with E-state index in [4.69, 9.17) is 9.15 Å². The second-order valence-corrected chi connectivity index (χ2v) is 7.74. The molecular weight excluding hydrogens is 442 g/mol. The normalized spacial score (nSPS) is 10.8. The van der Waals surface area contributed by atoms with Crippen LogP contribution in [0.2, 0.25) is 0 Å². The lowest BCUT2D eigenvalue weighted by Gasteiger charge is -2.27. The van der Waals surface area contributed by atoms with Gasteiger partial charge < -0.3 is 19.0 Å². The molecule has 0 aliphatic heterocycles. The predicted octanol–water partition coefficient (Wildman–Crippen LogP) is 4.66. The lowest BCUT2D eigenvalue weighted by molar-refractivity contribution is -0.133. The van der Waals surface area contributed by atoms with Crippen molar-refractivity contribution in [1.29, 1.82) is 0 Å². The zero-order chi connectivity index (χ0) is 24.3. The fourth-order valence-corrected chi connectivity index (χ4v) is 3.43. The zero-order valence-corrected chi connectivity index (χ0v) is 19.1. The first-order valence-corrected chi connectivity index (χ1v) is 11.1. The smallest absolute Gasteiger partial charge is 0.254 e. The molecule has 8 heteroatoms. The van der Waals surface area contributed by atoms with Crippen LogP contribution in [-0.4, -0.2) is 47.9 Å². The van der Waals surface area contributed by atoms with E-state index in [1.165, 1.54) is 47.6 Å². The van der Waals surface area contributed by atoms with E-state index in [0.29, 0.717) is 37.5 Å². The van der Waals surface area contributed by atoms with Crippen molar-refractivity contribution in [2.75, 3.05) is 26.3 Å². The Morgan fingerprint density at radius 1 is 0.912 bits per heavy atom. The van der Waals surface area contributed by atoms with Crippen LogP contribution < -0.4 is 0 Å². The van der Waals surface area contributed by atoms with Gasteiger partial charge in [0.15, 0.2) is 0 Å². The molecule has 3 rings (SSSR count). The number of nitrogens with zero attached hydrogens (tertiary/aromatic N) is 2. The van der Waals surface area contributed by atoms with E-state index in [1.807, 2.05) is 6.92 Å². The highest BCUT2D eigenvalue weighted by Crippen LogP contribution is 2.14. The third-order valence-electron chi connectivity index (χ3n) is 5.19. The number of carbonyl (C=O) groups is 2. The van der Waals surface area contributed by atoms with E-state index in [-0.39, 0.29) is 37.3 Å². The Hall–Kier alpha value is -3.52. The molecule has 3 aromatic rings. The van der Waals surface area contributed by atoms with Crippen LogP contribution in [0.15, 0.2) is 71.3 Å². The van der Waals surface area contributed by atoms with Gasteiger partial charge in [0, 0.05) is 31.9 Å². The number of hydrogen-bond acceptors (Lipinski definition) is 4. The Kier molecular flexibility index (Phi) is 9.34. The lowest BCUT2D eigenvalue weighted by atomic mass is 10.1. The SMILES string of the molecule is CCOCCCN(CC(=O)N(Cc1ccc(F)cc1)Cc1ccco1)C(=O)c1ccc(F)cc1. The van der Waals surface area contributed by atoms with E-state index in [2.05, 4.69) is 0 Å². The number of furan rings is 1. The molecule has 6 nitrogen and oxygen atoms in total. The number of hydrogen-bond donors (Lipinski definition) is 0. The van der Waals surface area contributed by atoms with Gasteiger partial charge in [0.05, 0.1) is 12.8 Å². The average molecular weight is 471 g/mol. The molecular formula is C26H28F2N2O4. The quantitative estimate of drug-likeness (QED) is 0.362. The van der Waals surface area contributed by atoms with Crippen LogP contribution in [0.4, 0.5) is 8.78 Å². The highest BCUT2D eigenvalue weighted by atomic mass is 19.1. The van der Waals surface area contributed by atoms with Gasteiger partial charge in [-0.15, -0.1) is 0 Å². The molecule has 0 aliphatic carbocycles. The molecule has 0 N–H and O–H groups in total. The number of carbonyl (C=O) groups excluding carboxylic acids is 2. The number of benzene rings is 2. The van der Waals surface area contributed by atoms with Crippen molar-refractivity contribution in [3.05, 3.63) is 95.4 Å². The molecule has 0 saturated heterocycles. The summed E-state index contributed by atoms with van der Waals surface area (Å²) < 4.78 is 37.4. The molecule has 0 saturated carbocycles. The summed E-state index contributed by atoms with van der Waals surface area (Å²) in [4.78, 5) is 29.5. The predicted molar refractivity (Wildman–Crippen MR) is 123 cm³/mol. The minimum absolute atomic E-state index is 0.176. The summed E-state index contributed by atoms with van der Waals surface area (Å²) in [6.45, 7) is 3.42. The summed E-state index contributed by atoms with van der Waals surface area (Å²) >= 11 is 0. The van der Waals surface area contributed by atoms with Crippen LogP contribution in [-0.2, 0) is 22.6 Å². The van der Waals surface area contributed by atoms with Crippen LogP contribution in [0.1, 0.15) is 35.0 Å². The highest BCUT2D eigenvalue weighted by Gasteiger charge is 2.23. The van der Waals surface area contributed by atoms with E-state index < -0.39 is 5.82 Å². The van der Waals surface area contributed by atoms with E-state index in [9.17, 15) is 18.4 Å². The van der Waals surface area contributed by atoms with Gasteiger partial charge in [0.25, 0.3) is 5.91 Å². The lowest BCUT2D eigenvalue weighted by Crippen LogP contribution is -2.43. The van der Waals surface area contributed by atoms with Crippen LogP contribution in [0, 0.1) is 11.6 Å². The molecule has 0 atom stereocenters. The Morgan fingerprint density at radius 3 is 2.21 bits per heavy atom. The molecule has 1 heterocycles. The molecule has 2 aromatic carbocycles. The fourth-order valence-electron chi connectivity index (χ4n) is 3.43. The number of amides is 2. The van der Waals surface area contributed by atoms with Crippen molar-refractivity contribution < 1.29 is 27.5 Å². The minimum atomic E-state index is -0.445. The maximum atomic E-state index is 13.4. The topological polar surface area (TPSA) is 63.0 Å². The number of ether oxygens (including phenoxy) is 1. The Bertz CT molecular complexity index is 1040. The highest BCUT2D eigenvalue weighted by molar-refractivity contribution is 5.96. The van der Waals surface area contributed by atoms with Crippen molar-refractivity contribution in [1.82, 2.24) is 9.80 Å². The molecule has 1 aromatic heterocycles. The average Bonchev–Trinajstić information content (AvgIpc) is 3.35. The second-order valence-electron chi connectivity index (χ2n) is 7.74. The minimum Gasteiger partial charge on any atom is -0.467 e. The van der Waals surface area contributed by atoms with Crippen LogP contribution >= 0.6 is 0 Å². The maximum absolute atomic E-state index is 13.4. The monoisotopic (exact) mass is 470 g/mol. The first-order chi connectivity index (χ1) is 16.5. The fraction of sp³-hybridized carbons (Fsp3) is 0.308. The third-order valence-corrected chi connectivity index (χ3v) is 5.19. The van der Waals surface area contributed by atoms with Crippen molar-refractivity contribution >= 4 is 11.8 Å². The molecule has 34 heavy (non-hydrogen) atoms. The number of rotatable bonds is 12. The van der Waals surface area contributed by atoms with Gasteiger partial charge in [0.1, 0.15) is 23.9 Å². The first kappa shape index (κ1) is 25.1. The van der Waals surface area contributed by atoms with E-state index in [1.54, 1.807) is 29.2 Å². The second kappa shape index (κ2) is 12.6. The molecule has 2 amide bonds. The van der Waals surface area contributed by atoms with E-state index >= 15 is 0 Å². The Labute approximate surface area is 197 Å². The third kappa shape index (κ3) is 7.52. The number of halogens is 2. The molecule has 0 bridgehead atoms. The maximum Gasteiger partial charge on any atom is 0.254 e. The van der Waals surface area contributed by atoms with Gasteiger partial charge in [-0.2, -0.15) is 0 Å². The summed E-state index contributed by atoms with van der Waals surface area (Å²) in [5.41, 5.74) is 1.04. The van der Waals surface area contributed by atoms with Gasteiger partial charge >= 0.3 is 0 Å². The van der Waals surface area contributed by atoms with Gasteiger partial charge in [-0.05, 0) is 67.4 Å². The Morgan fingerprint density at radius 2 is 1.59 bits per heavy atom. The summed E-state index contributed by atoms with van der Waals surface area (Å²) in [5, 5.41) is 0. The molecule has 0 fully saturated rings. The first-order valence-electron chi connectivity index (χ1n) is 11.1. The van der Waals surface area contributed by atoms with Crippen molar-refractivity contribution in [3.63, 3.8) is 0 Å². The van der Waals surface area contributed by atoms with Crippen molar-refractivity contribution in [2.45, 2.75) is 26.4 Å².